The van der Waals surface area contributed by atoms with Gasteiger partial charge in [-0.1, -0.05) is 6.07 Å². The summed E-state index contributed by atoms with van der Waals surface area (Å²) >= 11 is 1.51. The first kappa shape index (κ1) is 21.7. The largest absolute Gasteiger partial charge is 0.416 e. The predicted octanol–water partition coefficient (Wildman–Crippen LogP) is 4.28. The second-order valence-electron chi connectivity index (χ2n) is 7.85. The third kappa shape index (κ3) is 4.86. The summed E-state index contributed by atoms with van der Waals surface area (Å²) in [7, 11) is 0. The minimum Gasteiger partial charge on any atom is -0.369 e. The van der Waals surface area contributed by atoms with Crippen molar-refractivity contribution in [3.8, 4) is 6.07 Å². The van der Waals surface area contributed by atoms with Gasteiger partial charge in [0, 0.05) is 49.7 Å². The van der Waals surface area contributed by atoms with Crippen LogP contribution >= 0.6 is 11.3 Å². The molecule has 4 rings (SSSR count). The molecule has 1 saturated heterocycles. The molecule has 1 amide bonds. The average molecular weight is 449 g/mol. The first-order valence-electron chi connectivity index (χ1n) is 10.3. The number of halogens is 3. The molecule has 1 aliphatic carbocycles. The van der Waals surface area contributed by atoms with Crippen molar-refractivity contribution in [2.24, 2.45) is 0 Å². The van der Waals surface area contributed by atoms with Crippen LogP contribution < -0.4 is 10.2 Å². The summed E-state index contributed by atoms with van der Waals surface area (Å²) < 4.78 is 38.8. The van der Waals surface area contributed by atoms with Gasteiger partial charge in [-0.15, -0.1) is 11.3 Å². The fraction of sp³-hybridized carbons (Fsp3) is 0.455. The first-order chi connectivity index (χ1) is 14.8. The summed E-state index contributed by atoms with van der Waals surface area (Å²) in [4.78, 5) is 17.7. The van der Waals surface area contributed by atoms with E-state index in [0.717, 1.165) is 30.9 Å². The van der Waals surface area contributed by atoms with Gasteiger partial charge in [-0.25, -0.2) is 0 Å². The molecule has 0 saturated carbocycles. The highest BCUT2D eigenvalue weighted by molar-refractivity contribution is 7.16. The van der Waals surface area contributed by atoms with Crippen LogP contribution in [-0.2, 0) is 23.8 Å². The van der Waals surface area contributed by atoms with Crippen LogP contribution in [-0.4, -0.2) is 43.5 Å². The van der Waals surface area contributed by atoms with Gasteiger partial charge in [0.25, 0.3) is 0 Å². The lowest BCUT2D eigenvalue weighted by atomic mass is 10.1. The van der Waals surface area contributed by atoms with Crippen molar-refractivity contribution in [1.29, 1.82) is 5.26 Å². The van der Waals surface area contributed by atoms with Gasteiger partial charge in [-0.3, -0.25) is 9.69 Å². The lowest BCUT2D eigenvalue weighted by molar-refractivity contribution is -0.137. The van der Waals surface area contributed by atoms with Crippen LogP contribution in [0.4, 0.5) is 23.9 Å². The number of thiophene rings is 1. The van der Waals surface area contributed by atoms with E-state index in [2.05, 4.69) is 16.3 Å². The Labute approximate surface area is 183 Å². The van der Waals surface area contributed by atoms with Crippen LogP contribution in [0, 0.1) is 11.3 Å². The summed E-state index contributed by atoms with van der Waals surface area (Å²) in [6.45, 7) is 3.16. The Morgan fingerprint density at radius 3 is 2.68 bits per heavy atom. The number of carbonyl (C=O) groups excluding carboxylic acids is 1. The van der Waals surface area contributed by atoms with Gasteiger partial charge in [-0.2, -0.15) is 18.4 Å². The summed E-state index contributed by atoms with van der Waals surface area (Å²) in [6.07, 6.45) is -1.09. The third-order valence-electron chi connectivity index (χ3n) is 5.85. The molecule has 0 bridgehead atoms. The number of amides is 1. The van der Waals surface area contributed by atoms with Crippen LogP contribution in [0.2, 0.25) is 0 Å². The third-order valence-corrected chi connectivity index (χ3v) is 7.06. The number of hydrogen-bond acceptors (Lipinski definition) is 5. The van der Waals surface area contributed by atoms with Crippen molar-refractivity contribution in [2.75, 3.05) is 42.9 Å². The molecule has 0 unspecified atom stereocenters. The number of anilines is 2. The Morgan fingerprint density at radius 2 is 1.97 bits per heavy atom. The Kier molecular flexibility index (Phi) is 6.21. The molecule has 5 nitrogen and oxygen atoms in total. The molecule has 2 heterocycles. The number of alkyl halides is 3. The quantitative estimate of drug-likeness (QED) is 0.742. The van der Waals surface area contributed by atoms with E-state index in [1.807, 2.05) is 4.90 Å². The topological polar surface area (TPSA) is 59.4 Å². The normalized spacial score (nSPS) is 16.8. The number of hydrogen-bond donors (Lipinski definition) is 1. The molecule has 0 radical (unpaired) electrons. The van der Waals surface area contributed by atoms with E-state index in [0.29, 0.717) is 55.4 Å². The number of benzene rings is 1. The SMILES string of the molecule is N#Cc1c(NC(=O)CCN2CCN(c3cccc(C(F)(F)F)c3)CC2)sc2c1CCC2. The molecule has 2 aromatic rings. The number of piperazine rings is 1. The van der Waals surface area contributed by atoms with Gasteiger partial charge < -0.3 is 10.2 Å². The molecule has 1 aromatic carbocycles. The number of nitriles is 1. The molecule has 164 valence electrons. The first-order valence-corrected chi connectivity index (χ1v) is 11.2. The second-order valence-corrected chi connectivity index (χ2v) is 8.95. The van der Waals surface area contributed by atoms with Gasteiger partial charge in [0.15, 0.2) is 0 Å². The molecule has 0 atom stereocenters. The molecule has 31 heavy (non-hydrogen) atoms. The number of fused-ring (bicyclic) bond motifs is 1. The van der Waals surface area contributed by atoms with Crippen molar-refractivity contribution in [1.82, 2.24) is 4.90 Å². The minimum atomic E-state index is -4.35. The standard InChI is InChI=1S/C22H23F3N4OS/c23-22(24,25)15-3-1-4-16(13-15)29-11-9-28(10-12-29)8-7-20(30)27-21-18(14-26)17-5-2-6-19(17)31-21/h1,3-4,13H,2,5-12H2,(H,27,30). The van der Waals surface area contributed by atoms with Crippen LogP contribution in [0.25, 0.3) is 0 Å². The molecule has 9 heteroatoms. The van der Waals surface area contributed by atoms with Crippen molar-refractivity contribution in [3.63, 3.8) is 0 Å². The number of carbonyl (C=O) groups is 1. The molecule has 1 N–H and O–H groups in total. The smallest absolute Gasteiger partial charge is 0.369 e. The maximum absolute atomic E-state index is 12.9. The van der Waals surface area contributed by atoms with Gasteiger partial charge >= 0.3 is 6.18 Å². The number of aryl methyl sites for hydroxylation is 1. The van der Waals surface area contributed by atoms with Crippen LogP contribution in [0.1, 0.15) is 34.4 Å². The maximum atomic E-state index is 12.9. The molecular formula is C22H23F3N4OS. The van der Waals surface area contributed by atoms with Gasteiger partial charge in [-0.05, 0) is 43.0 Å². The lowest BCUT2D eigenvalue weighted by Gasteiger charge is -2.36. The van der Waals surface area contributed by atoms with Crippen molar-refractivity contribution in [3.05, 3.63) is 45.8 Å². The number of rotatable bonds is 5. The van der Waals surface area contributed by atoms with Gasteiger partial charge in [0.2, 0.25) is 5.91 Å². The lowest BCUT2D eigenvalue weighted by Crippen LogP contribution is -2.47. The van der Waals surface area contributed by atoms with Crippen molar-refractivity contribution >= 4 is 27.9 Å². The number of nitrogens with one attached hydrogen (secondary N) is 1. The molecular weight excluding hydrogens is 425 g/mol. The van der Waals surface area contributed by atoms with E-state index in [1.165, 1.54) is 28.3 Å². The fourth-order valence-corrected chi connectivity index (χ4v) is 5.42. The highest BCUT2D eigenvalue weighted by atomic mass is 32.1. The number of nitrogens with zero attached hydrogens (tertiary/aromatic N) is 3. The molecule has 1 fully saturated rings. The van der Waals surface area contributed by atoms with Crippen LogP contribution in [0.5, 0.6) is 0 Å². The van der Waals surface area contributed by atoms with E-state index in [-0.39, 0.29) is 5.91 Å². The highest BCUT2D eigenvalue weighted by Gasteiger charge is 2.31. The maximum Gasteiger partial charge on any atom is 0.416 e. The zero-order chi connectivity index (χ0) is 22.0. The second kappa shape index (κ2) is 8.89. The Hall–Kier alpha value is -2.57. The van der Waals surface area contributed by atoms with E-state index in [9.17, 15) is 23.2 Å². The van der Waals surface area contributed by atoms with E-state index in [4.69, 9.17) is 0 Å². The zero-order valence-corrected chi connectivity index (χ0v) is 17.8. The van der Waals surface area contributed by atoms with Crippen molar-refractivity contribution in [2.45, 2.75) is 31.9 Å². The van der Waals surface area contributed by atoms with E-state index >= 15 is 0 Å². The van der Waals surface area contributed by atoms with Crippen LogP contribution in [0.3, 0.4) is 0 Å². The Morgan fingerprint density at radius 1 is 1.19 bits per heavy atom. The molecule has 1 aliphatic heterocycles. The summed E-state index contributed by atoms with van der Waals surface area (Å²) in [5, 5.41) is 13.0. The highest BCUT2D eigenvalue weighted by Crippen LogP contribution is 2.38. The average Bonchev–Trinajstić information content (AvgIpc) is 3.33. The minimum absolute atomic E-state index is 0.114. The van der Waals surface area contributed by atoms with Crippen molar-refractivity contribution < 1.29 is 18.0 Å². The monoisotopic (exact) mass is 448 g/mol. The summed E-state index contributed by atoms with van der Waals surface area (Å²) in [5.74, 6) is -0.114. The fourth-order valence-electron chi connectivity index (χ4n) is 4.17. The predicted molar refractivity (Wildman–Crippen MR) is 114 cm³/mol. The molecule has 1 aromatic heterocycles. The zero-order valence-electron chi connectivity index (χ0n) is 17.0. The van der Waals surface area contributed by atoms with Gasteiger partial charge in [0.1, 0.15) is 11.1 Å². The van der Waals surface area contributed by atoms with E-state index in [1.54, 1.807) is 6.07 Å². The summed E-state index contributed by atoms with van der Waals surface area (Å²) in [5.41, 5.74) is 1.64. The summed E-state index contributed by atoms with van der Waals surface area (Å²) in [6, 6.07) is 7.63. The van der Waals surface area contributed by atoms with Crippen LogP contribution in [0.15, 0.2) is 24.3 Å². The Bertz CT molecular complexity index is 1000. The van der Waals surface area contributed by atoms with Gasteiger partial charge in [0.05, 0.1) is 11.1 Å². The Balaban J connectivity index is 1.26. The van der Waals surface area contributed by atoms with E-state index < -0.39 is 11.7 Å². The molecule has 2 aliphatic rings. The molecule has 0 spiro atoms.